The van der Waals surface area contributed by atoms with E-state index in [1.54, 1.807) is 0 Å². The van der Waals surface area contributed by atoms with Crippen LogP contribution in [-0.2, 0) is 4.79 Å². The molecule has 0 spiro atoms. The van der Waals surface area contributed by atoms with E-state index in [1.165, 1.54) is 11.1 Å². The Morgan fingerprint density at radius 1 is 1.11 bits per heavy atom. The van der Waals surface area contributed by atoms with Gasteiger partial charge in [-0.15, -0.1) is 0 Å². The summed E-state index contributed by atoms with van der Waals surface area (Å²) >= 11 is 0. The zero-order valence-corrected chi connectivity index (χ0v) is 22.6. The van der Waals surface area contributed by atoms with Gasteiger partial charge in [-0.1, -0.05) is 37.2 Å². The van der Waals surface area contributed by atoms with Gasteiger partial charge in [-0.3, -0.25) is 4.79 Å². The van der Waals surface area contributed by atoms with E-state index in [1.807, 2.05) is 4.90 Å². The molecule has 2 fully saturated rings. The van der Waals surface area contributed by atoms with Gasteiger partial charge in [0.05, 0.1) is 12.7 Å². The van der Waals surface area contributed by atoms with Crippen LogP contribution in [0.25, 0.3) is 5.57 Å². The van der Waals surface area contributed by atoms with Gasteiger partial charge in [0.15, 0.2) is 5.82 Å². The van der Waals surface area contributed by atoms with Crippen LogP contribution >= 0.6 is 0 Å². The molecule has 2 aromatic rings. The summed E-state index contributed by atoms with van der Waals surface area (Å²) in [7, 11) is 0. The molecule has 3 heterocycles. The fourth-order valence-electron chi connectivity index (χ4n) is 5.67. The van der Waals surface area contributed by atoms with Gasteiger partial charge in [-0.25, -0.2) is 0 Å². The van der Waals surface area contributed by atoms with Crippen LogP contribution in [0.1, 0.15) is 76.1 Å². The number of allylic oxidation sites excluding steroid dienone is 2. The van der Waals surface area contributed by atoms with Crippen molar-refractivity contribution in [3.8, 4) is 11.8 Å². The first-order chi connectivity index (χ1) is 18.5. The van der Waals surface area contributed by atoms with Crippen molar-refractivity contribution in [2.24, 2.45) is 17.8 Å². The summed E-state index contributed by atoms with van der Waals surface area (Å²) < 4.78 is 11.6. The number of hydrogen-bond acceptors (Lipinski definition) is 7. The third-order valence-electron chi connectivity index (χ3n) is 8.29. The highest BCUT2D eigenvalue weighted by atomic mass is 16.5. The molecule has 1 aromatic heterocycles. The molecule has 3 aliphatic rings. The Kier molecular flexibility index (Phi) is 8.31. The Morgan fingerprint density at radius 2 is 1.84 bits per heavy atom. The number of anilines is 1. The molecule has 0 N–H and O–H groups in total. The number of nitriles is 1. The molecule has 8 heteroatoms. The zero-order valence-electron chi connectivity index (χ0n) is 22.6. The zero-order chi connectivity index (χ0) is 26.5. The van der Waals surface area contributed by atoms with Crippen LogP contribution in [0.5, 0.6) is 5.75 Å². The van der Waals surface area contributed by atoms with Gasteiger partial charge in [0.2, 0.25) is 5.91 Å². The van der Waals surface area contributed by atoms with Crippen molar-refractivity contribution in [1.82, 2.24) is 15.0 Å². The lowest BCUT2D eigenvalue weighted by molar-refractivity contribution is -0.136. The summed E-state index contributed by atoms with van der Waals surface area (Å²) in [4.78, 5) is 21.6. The van der Waals surface area contributed by atoms with Crippen molar-refractivity contribution in [3.63, 3.8) is 0 Å². The first-order valence-electron chi connectivity index (χ1n) is 14.2. The number of ether oxygens (including phenoxy) is 1. The molecule has 1 unspecified atom stereocenters. The van der Waals surface area contributed by atoms with Crippen molar-refractivity contribution >= 4 is 17.5 Å². The van der Waals surface area contributed by atoms with Gasteiger partial charge >= 0.3 is 6.01 Å². The minimum Gasteiger partial charge on any atom is -0.493 e. The fraction of sp³-hybridized carbons (Fsp3) is 0.600. The van der Waals surface area contributed by atoms with Gasteiger partial charge in [-0.05, 0) is 74.1 Å². The number of benzene rings is 1. The second kappa shape index (κ2) is 12.0. The molecule has 38 heavy (non-hydrogen) atoms. The fourth-order valence-corrected chi connectivity index (χ4v) is 5.67. The molecule has 0 radical (unpaired) electrons. The molecule has 1 amide bonds. The molecule has 1 aliphatic carbocycles. The SMILES string of the molecule is CC(C)c1noc(N2CCC(COc3ccc(C4=CCC(C(=O)N5CCC(C#N)CC5)CC4)cc3)CC2)n1. The summed E-state index contributed by atoms with van der Waals surface area (Å²) in [5.41, 5.74) is 2.53. The largest absolute Gasteiger partial charge is 0.493 e. The van der Waals surface area contributed by atoms with Crippen LogP contribution in [0, 0.1) is 29.1 Å². The van der Waals surface area contributed by atoms with Crippen molar-refractivity contribution in [2.45, 2.75) is 64.7 Å². The monoisotopic (exact) mass is 517 g/mol. The van der Waals surface area contributed by atoms with E-state index in [0.29, 0.717) is 18.5 Å². The number of piperidine rings is 2. The first-order valence-corrected chi connectivity index (χ1v) is 14.2. The Balaban J connectivity index is 1.05. The van der Waals surface area contributed by atoms with E-state index in [-0.39, 0.29) is 23.7 Å². The number of carbonyl (C=O) groups is 1. The Hall–Kier alpha value is -3.34. The van der Waals surface area contributed by atoms with Crippen molar-refractivity contribution in [1.29, 1.82) is 5.26 Å². The van der Waals surface area contributed by atoms with Crippen LogP contribution in [0.2, 0.25) is 0 Å². The number of hydrogen-bond donors (Lipinski definition) is 0. The van der Waals surface area contributed by atoms with E-state index < -0.39 is 0 Å². The number of rotatable bonds is 7. The topological polar surface area (TPSA) is 95.5 Å². The maximum absolute atomic E-state index is 12.9. The molecule has 0 saturated carbocycles. The highest BCUT2D eigenvalue weighted by molar-refractivity contribution is 5.81. The quantitative estimate of drug-likeness (QED) is 0.483. The molecule has 1 atom stereocenters. The maximum atomic E-state index is 12.9. The third-order valence-corrected chi connectivity index (χ3v) is 8.29. The normalized spacial score (nSPS) is 21.3. The number of aromatic nitrogens is 2. The Labute approximate surface area is 225 Å². The van der Waals surface area contributed by atoms with Crippen molar-refractivity contribution < 1.29 is 14.1 Å². The van der Waals surface area contributed by atoms with Gasteiger partial charge in [-0.2, -0.15) is 10.2 Å². The van der Waals surface area contributed by atoms with E-state index >= 15 is 0 Å². The van der Waals surface area contributed by atoms with E-state index in [4.69, 9.17) is 14.5 Å². The average molecular weight is 518 g/mol. The average Bonchev–Trinajstić information content (AvgIpc) is 3.47. The highest BCUT2D eigenvalue weighted by Crippen LogP contribution is 2.33. The lowest BCUT2D eigenvalue weighted by atomic mass is 9.85. The number of carbonyl (C=O) groups excluding carboxylic acids is 1. The van der Waals surface area contributed by atoms with Crippen LogP contribution < -0.4 is 9.64 Å². The summed E-state index contributed by atoms with van der Waals surface area (Å²) in [5, 5.41) is 13.2. The molecule has 202 valence electrons. The molecular weight excluding hydrogens is 478 g/mol. The predicted octanol–water partition coefficient (Wildman–Crippen LogP) is 5.43. The number of amides is 1. The van der Waals surface area contributed by atoms with Crippen LogP contribution in [-0.4, -0.2) is 53.7 Å². The van der Waals surface area contributed by atoms with Crippen molar-refractivity contribution in [2.75, 3.05) is 37.7 Å². The molecule has 8 nitrogen and oxygen atoms in total. The molecule has 5 rings (SSSR count). The lowest BCUT2D eigenvalue weighted by Gasteiger charge is -2.33. The van der Waals surface area contributed by atoms with Gasteiger partial charge in [0.25, 0.3) is 0 Å². The van der Waals surface area contributed by atoms with Gasteiger partial charge in [0.1, 0.15) is 5.75 Å². The summed E-state index contributed by atoms with van der Waals surface area (Å²) in [6.45, 7) is 8.11. The summed E-state index contributed by atoms with van der Waals surface area (Å²) in [6, 6.07) is 11.4. The van der Waals surface area contributed by atoms with Gasteiger partial charge in [0, 0.05) is 43.9 Å². The minimum absolute atomic E-state index is 0.0727. The Morgan fingerprint density at radius 3 is 2.45 bits per heavy atom. The van der Waals surface area contributed by atoms with E-state index in [9.17, 15) is 4.79 Å². The van der Waals surface area contributed by atoms with Crippen LogP contribution in [0.3, 0.4) is 0 Å². The third kappa shape index (κ3) is 6.20. The minimum atomic E-state index is 0.0727. The maximum Gasteiger partial charge on any atom is 0.324 e. The second-order valence-corrected chi connectivity index (χ2v) is 11.3. The molecule has 2 aliphatic heterocycles. The smallest absolute Gasteiger partial charge is 0.324 e. The van der Waals surface area contributed by atoms with Crippen LogP contribution in [0.4, 0.5) is 6.01 Å². The summed E-state index contributed by atoms with van der Waals surface area (Å²) in [5.74, 6) is 2.90. The van der Waals surface area contributed by atoms with Crippen molar-refractivity contribution in [3.05, 3.63) is 41.7 Å². The van der Waals surface area contributed by atoms with Crippen LogP contribution in [0.15, 0.2) is 34.9 Å². The molecular formula is C30H39N5O3. The highest BCUT2D eigenvalue weighted by Gasteiger charge is 2.29. The van der Waals surface area contributed by atoms with E-state index in [2.05, 4.69) is 65.3 Å². The lowest BCUT2D eigenvalue weighted by Crippen LogP contribution is -2.41. The van der Waals surface area contributed by atoms with Gasteiger partial charge < -0.3 is 19.1 Å². The molecule has 1 aromatic carbocycles. The number of likely N-dealkylation sites (tertiary alicyclic amines) is 1. The second-order valence-electron chi connectivity index (χ2n) is 11.3. The first kappa shape index (κ1) is 26.3. The van der Waals surface area contributed by atoms with E-state index in [0.717, 1.165) is 82.7 Å². The standard InChI is InChI=1S/C30H39N5O3/c1-21(2)28-32-30(38-33-28)35-17-13-23(14-18-35)20-37-27-9-7-25(8-10-27)24-3-5-26(6-4-24)29(36)34-15-11-22(19-31)12-16-34/h3,7-10,21-23,26H,4-6,11-18,20H2,1-2H3. The Bertz CT molecular complexity index is 1150. The molecule has 2 saturated heterocycles. The number of nitrogens with zero attached hydrogens (tertiary/aromatic N) is 5. The predicted molar refractivity (Wildman–Crippen MR) is 145 cm³/mol. The molecule has 0 bridgehead atoms. The summed E-state index contributed by atoms with van der Waals surface area (Å²) in [6.07, 6.45) is 8.55.